The highest BCUT2D eigenvalue weighted by molar-refractivity contribution is 9.10. The van der Waals surface area contributed by atoms with Gasteiger partial charge in [0, 0.05) is 15.1 Å². The first-order valence-corrected chi connectivity index (χ1v) is 7.68. The van der Waals surface area contributed by atoms with Crippen LogP contribution in [0, 0.1) is 0 Å². The molecule has 22 heavy (non-hydrogen) atoms. The summed E-state index contributed by atoms with van der Waals surface area (Å²) in [6.07, 6.45) is 1.49. The summed E-state index contributed by atoms with van der Waals surface area (Å²) in [7, 11) is 1.56. The summed E-state index contributed by atoms with van der Waals surface area (Å²) >= 11 is 15.1. The zero-order chi connectivity index (χ0) is 16.1. The number of benzene rings is 2. The Morgan fingerprint density at radius 3 is 2.73 bits per heavy atom. The Hall–Kier alpha value is -1.56. The minimum absolute atomic E-state index is 0.264. The van der Waals surface area contributed by atoms with Gasteiger partial charge in [-0.05, 0) is 36.4 Å². The van der Waals surface area contributed by atoms with Crippen LogP contribution in [0.4, 0.5) is 0 Å². The predicted octanol–water partition coefficient (Wildman–Crippen LogP) is 4.53. The first kappa shape index (κ1) is 16.8. The van der Waals surface area contributed by atoms with E-state index in [-0.39, 0.29) is 5.02 Å². The molecule has 0 heterocycles. The first-order chi connectivity index (χ1) is 10.5. The van der Waals surface area contributed by atoms with Crippen LogP contribution in [0.15, 0.2) is 46.0 Å². The van der Waals surface area contributed by atoms with Crippen molar-refractivity contribution >= 4 is 51.3 Å². The van der Waals surface area contributed by atoms with Crippen LogP contribution in [0.25, 0.3) is 0 Å². The molecule has 0 unspecified atom stereocenters. The number of methoxy groups -OCH3 is 1. The monoisotopic (exact) mass is 400 g/mol. The summed E-state index contributed by atoms with van der Waals surface area (Å²) in [6, 6.07) is 10.1. The Morgan fingerprint density at radius 2 is 2.05 bits per heavy atom. The van der Waals surface area contributed by atoms with Gasteiger partial charge in [0.25, 0.3) is 5.91 Å². The Kier molecular flexibility index (Phi) is 5.83. The van der Waals surface area contributed by atoms with Crippen LogP contribution >= 0.6 is 39.1 Å². The van der Waals surface area contributed by atoms with Crippen LogP contribution in [0.2, 0.25) is 10.0 Å². The average molecular weight is 402 g/mol. The van der Waals surface area contributed by atoms with E-state index in [0.29, 0.717) is 16.3 Å². The van der Waals surface area contributed by atoms with E-state index >= 15 is 0 Å². The normalized spacial score (nSPS) is 10.7. The number of amides is 1. The van der Waals surface area contributed by atoms with Crippen molar-refractivity contribution in [1.82, 2.24) is 5.43 Å². The fourth-order valence-electron chi connectivity index (χ4n) is 1.70. The lowest BCUT2D eigenvalue weighted by Gasteiger charge is -2.05. The van der Waals surface area contributed by atoms with E-state index in [4.69, 9.17) is 27.9 Å². The molecule has 0 bridgehead atoms. The molecule has 0 aliphatic carbocycles. The number of carbonyl (C=O) groups is 1. The number of rotatable bonds is 4. The largest absolute Gasteiger partial charge is 0.496 e. The highest BCUT2D eigenvalue weighted by atomic mass is 79.9. The molecular weight excluding hydrogens is 391 g/mol. The van der Waals surface area contributed by atoms with Crippen molar-refractivity contribution in [2.75, 3.05) is 7.11 Å². The molecule has 0 fully saturated rings. The van der Waals surface area contributed by atoms with Gasteiger partial charge in [0.15, 0.2) is 0 Å². The number of nitrogens with zero attached hydrogens (tertiary/aromatic N) is 1. The van der Waals surface area contributed by atoms with Gasteiger partial charge in [0.1, 0.15) is 5.75 Å². The van der Waals surface area contributed by atoms with Gasteiger partial charge in [-0.2, -0.15) is 5.10 Å². The zero-order valence-corrected chi connectivity index (χ0v) is 14.5. The third-order valence-electron chi connectivity index (χ3n) is 2.74. The number of ether oxygens (including phenoxy) is 1. The van der Waals surface area contributed by atoms with E-state index in [2.05, 4.69) is 26.5 Å². The minimum Gasteiger partial charge on any atom is -0.496 e. The van der Waals surface area contributed by atoms with Crippen LogP contribution in [-0.2, 0) is 0 Å². The zero-order valence-electron chi connectivity index (χ0n) is 11.4. The first-order valence-electron chi connectivity index (χ1n) is 6.13. The number of hydrogen-bond acceptors (Lipinski definition) is 3. The van der Waals surface area contributed by atoms with Crippen LogP contribution in [0.5, 0.6) is 5.75 Å². The van der Waals surface area contributed by atoms with Gasteiger partial charge in [-0.25, -0.2) is 5.43 Å². The van der Waals surface area contributed by atoms with Gasteiger partial charge >= 0.3 is 0 Å². The van der Waals surface area contributed by atoms with Gasteiger partial charge in [0.2, 0.25) is 0 Å². The molecule has 2 aromatic carbocycles. The van der Waals surface area contributed by atoms with E-state index in [1.165, 1.54) is 18.3 Å². The number of hydrogen-bond donors (Lipinski definition) is 1. The van der Waals surface area contributed by atoms with Crippen molar-refractivity contribution in [3.8, 4) is 5.75 Å². The maximum atomic E-state index is 12.0. The molecule has 0 atom stereocenters. The standard InChI is InChI=1S/C15H11BrCl2N2O2/c1-22-14-5-2-10(16)6-9(14)8-19-20-15(21)12-4-3-11(17)7-13(12)18/h2-8H,1H3,(H,20,21)/b19-8+. The Morgan fingerprint density at radius 1 is 1.27 bits per heavy atom. The summed E-state index contributed by atoms with van der Waals surface area (Å²) < 4.78 is 6.09. The molecule has 2 rings (SSSR count). The molecule has 0 saturated carbocycles. The topological polar surface area (TPSA) is 50.7 Å². The van der Waals surface area contributed by atoms with Crippen molar-refractivity contribution in [2.45, 2.75) is 0 Å². The number of carbonyl (C=O) groups excluding carboxylic acids is 1. The lowest BCUT2D eigenvalue weighted by molar-refractivity contribution is 0.0955. The van der Waals surface area contributed by atoms with Gasteiger partial charge in [-0.1, -0.05) is 39.1 Å². The fraction of sp³-hybridized carbons (Fsp3) is 0.0667. The summed E-state index contributed by atoms with van der Waals surface area (Å²) in [5.41, 5.74) is 3.43. The van der Waals surface area contributed by atoms with E-state index in [1.807, 2.05) is 12.1 Å². The number of halogens is 3. The summed E-state index contributed by atoms with van der Waals surface area (Å²) in [6.45, 7) is 0. The molecule has 0 aliphatic heterocycles. The van der Waals surface area contributed by atoms with Gasteiger partial charge in [-0.3, -0.25) is 4.79 Å². The highest BCUT2D eigenvalue weighted by Gasteiger charge is 2.09. The SMILES string of the molecule is COc1ccc(Br)cc1/C=N/NC(=O)c1ccc(Cl)cc1Cl. The molecule has 2 aromatic rings. The summed E-state index contributed by atoms with van der Waals surface area (Å²) in [5, 5.41) is 4.64. The molecule has 7 heteroatoms. The fourth-order valence-corrected chi connectivity index (χ4v) is 2.57. The van der Waals surface area contributed by atoms with Crippen molar-refractivity contribution in [3.05, 3.63) is 62.0 Å². The van der Waals surface area contributed by atoms with E-state index in [9.17, 15) is 4.79 Å². The maximum Gasteiger partial charge on any atom is 0.272 e. The molecule has 4 nitrogen and oxygen atoms in total. The van der Waals surface area contributed by atoms with E-state index < -0.39 is 5.91 Å². The summed E-state index contributed by atoms with van der Waals surface area (Å²) in [5.74, 6) is 0.220. The molecule has 0 aliphatic rings. The smallest absolute Gasteiger partial charge is 0.272 e. The summed E-state index contributed by atoms with van der Waals surface area (Å²) in [4.78, 5) is 12.0. The lowest BCUT2D eigenvalue weighted by atomic mass is 10.2. The molecule has 114 valence electrons. The molecule has 0 saturated heterocycles. The van der Waals surface area contributed by atoms with E-state index in [0.717, 1.165) is 10.0 Å². The van der Waals surface area contributed by atoms with Crippen molar-refractivity contribution in [1.29, 1.82) is 0 Å². The highest BCUT2D eigenvalue weighted by Crippen LogP contribution is 2.22. The minimum atomic E-state index is -0.424. The maximum absolute atomic E-state index is 12.0. The Balaban J connectivity index is 2.12. The second-order valence-corrected chi connectivity index (χ2v) is 5.97. The third-order valence-corrected chi connectivity index (χ3v) is 3.78. The second kappa shape index (κ2) is 7.63. The van der Waals surface area contributed by atoms with Gasteiger partial charge in [0.05, 0.1) is 23.9 Å². The van der Waals surface area contributed by atoms with Crippen molar-refractivity contribution in [2.24, 2.45) is 5.10 Å². The molecule has 1 amide bonds. The van der Waals surface area contributed by atoms with Crippen LogP contribution in [0.3, 0.4) is 0 Å². The van der Waals surface area contributed by atoms with Crippen molar-refractivity contribution < 1.29 is 9.53 Å². The quantitative estimate of drug-likeness (QED) is 0.604. The Labute approximate surface area is 146 Å². The molecule has 0 aromatic heterocycles. The number of hydrazone groups is 1. The molecular formula is C15H11BrCl2N2O2. The Bertz CT molecular complexity index is 735. The van der Waals surface area contributed by atoms with Crippen LogP contribution in [-0.4, -0.2) is 19.2 Å². The molecule has 1 N–H and O–H groups in total. The predicted molar refractivity (Wildman–Crippen MR) is 92.2 cm³/mol. The lowest BCUT2D eigenvalue weighted by Crippen LogP contribution is -2.18. The van der Waals surface area contributed by atoms with Gasteiger partial charge in [-0.15, -0.1) is 0 Å². The molecule has 0 radical (unpaired) electrons. The van der Waals surface area contributed by atoms with E-state index in [1.54, 1.807) is 19.2 Å². The average Bonchev–Trinajstić information content (AvgIpc) is 2.47. The van der Waals surface area contributed by atoms with Crippen LogP contribution < -0.4 is 10.2 Å². The molecule has 0 spiro atoms. The third kappa shape index (κ3) is 4.22. The second-order valence-electron chi connectivity index (χ2n) is 4.21. The van der Waals surface area contributed by atoms with Crippen LogP contribution in [0.1, 0.15) is 15.9 Å². The van der Waals surface area contributed by atoms with Gasteiger partial charge < -0.3 is 4.74 Å². The van der Waals surface area contributed by atoms with Crippen molar-refractivity contribution in [3.63, 3.8) is 0 Å². The number of nitrogens with one attached hydrogen (secondary N) is 1.